The second-order valence-electron chi connectivity index (χ2n) is 4.97. The van der Waals surface area contributed by atoms with Crippen molar-refractivity contribution in [1.29, 1.82) is 0 Å². The number of benzene rings is 1. The lowest BCUT2D eigenvalue weighted by Crippen LogP contribution is -2.24. The molecule has 0 radical (unpaired) electrons. The van der Waals surface area contributed by atoms with Crippen molar-refractivity contribution in [1.82, 2.24) is 5.32 Å². The summed E-state index contributed by atoms with van der Waals surface area (Å²) in [6.45, 7) is 4.70. The lowest BCUT2D eigenvalue weighted by molar-refractivity contribution is -0.123. The molecule has 0 bridgehead atoms. The topological polar surface area (TPSA) is 58.2 Å². The van der Waals surface area contributed by atoms with Gasteiger partial charge < -0.3 is 10.6 Å². The van der Waals surface area contributed by atoms with E-state index in [2.05, 4.69) is 24.5 Å². The maximum Gasteiger partial charge on any atom is 0.229 e. The molecular formula is C14H18N2O2. The van der Waals surface area contributed by atoms with Gasteiger partial charge in [0.1, 0.15) is 0 Å². The van der Waals surface area contributed by atoms with Crippen LogP contribution < -0.4 is 10.6 Å². The Hall–Kier alpha value is -1.84. The van der Waals surface area contributed by atoms with Crippen molar-refractivity contribution < 1.29 is 9.59 Å². The van der Waals surface area contributed by atoms with Gasteiger partial charge in [0, 0.05) is 18.7 Å². The van der Waals surface area contributed by atoms with E-state index in [1.807, 2.05) is 24.3 Å². The fourth-order valence-electron chi connectivity index (χ4n) is 1.99. The third-order valence-electron chi connectivity index (χ3n) is 3.19. The smallest absolute Gasteiger partial charge is 0.229 e. The SMILES string of the molecule is CC(C)c1ccc(NC(=O)C2CNC(=O)C2)cc1. The average molecular weight is 246 g/mol. The fourth-order valence-corrected chi connectivity index (χ4v) is 1.99. The summed E-state index contributed by atoms with van der Waals surface area (Å²) in [4.78, 5) is 22.9. The highest BCUT2D eigenvalue weighted by Gasteiger charge is 2.27. The zero-order chi connectivity index (χ0) is 13.1. The van der Waals surface area contributed by atoms with Gasteiger partial charge in [-0.3, -0.25) is 9.59 Å². The molecule has 1 heterocycles. The zero-order valence-electron chi connectivity index (χ0n) is 10.7. The molecule has 0 aliphatic carbocycles. The van der Waals surface area contributed by atoms with Crippen molar-refractivity contribution in [3.05, 3.63) is 29.8 Å². The van der Waals surface area contributed by atoms with E-state index in [-0.39, 0.29) is 24.2 Å². The van der Waals surface area contributed by atoms with Crippen molar-refractivity contribution in [2.24, 2.45) is 5.92 Å². The molecule has 2 rings (SSSR count). The predicted octanol–water partition coefficient (Wildman–Crippen LogP) is 1.88. The van der Waals surface area contributed by atoms with E-state index in [1.54, 1.807) is 0 Å². The third-order valence-corrected chi connectivity index (χ3v) is 3.19. The third kappa shape index (κ3) is 2.88. The molecule has 1 aromatic rings. The molecule has 1 aromatic carbocycles. The highest BCUT2D eigenvalue weighted by molar-refractivity contribution is 5.97. The number of nitrogens with one attached hydrogen (secondary N) is 2. The minimum absolute atomic E-state index is 0.0506. The number of hydrogen-bond acceptors (Lipinski definition) is 2. The molecule has 0 spiro atoms. The van der Waals surface area contributed by atoms with Crippen LogP contribution in [0.3, 0.4) is 0 Å². The van der Waals surface area contributed by atoms with Gasteiger partial charge >= 0.3 is 0 Å². The van der Waals surface area contributed by atoms with Gasteiger partial charge in [0.15, 0.2) is 0 Å². The minimum atomic E-state index is -0.248. The first kappa shape index (κ1) is 12.6. The van der Waals surface area contributed by atoms with Gasteiger partial charge in [-0.2, -0.15) is 0 Å². The van der Waals surface area contributed by atoms with Gasteiger partial charge in [-0.05, 0) is 23.6 Å². The molecule has 1 saturated heterocycles. The summed E-state index contributed by atoms with van der Waals surface area (Å²) < 4.78 is 0. The Labute approximate surface area is 107 Å². The Bertz CT molecular complexity index is 451. The van der Waals surface area contributed by atoms with Crippen LogP contribution in [0.5, 0.6) is 0 Å². The van der Waals surface area contributed by atoms with E-state index in [1.165, 1.54) is 5.56 Å². The summed E-state index contributed by atoms with van der Waals surface area (Å²) in [5.41, 5.74) is 2.02. The van der Waals surface area contributed by atoms with Gasteiger partial charge in [0.25, 0.3) is 0 Å². The van der Waals surface area contributed by atoms with Crippen LogP contribution in [0.2, 0.25) is 0 Å². The van der Waals surface area contributed by atoms with Crippen LogP contribution in [0.1, 0.15) is 31.7 Å². The summed E-state index contributed by atoms with van der Waals surface area (Å²) in [5, 5.41) is 5.50. The van der Waals surface area contributed by atoms with E-state index in [0.717, 1.165) is 5.69 Å². The maximum absolute atomic E-state index is 11.9. The van der Waals surface area contributed by atoms with Gasteiger partial charge in [-0.1, -0.05) is 26.0 Å². The lowest BCUT2D eigenvalue weighted by Gasteiger charge is -2.10. The van der Waals surface area contributed by atoms with Crippen LogP contribution in [-0.4, -0.2) is 18.4 Å². The van der Waals surface area contributed by atoms with Crippen LogP contribution in [0, 0.1) is 5.92 Å². The first-order valence-corrected chi connectivity index (χ1v) is 6.24. The number of anilines is 1. The lowest BCUT2D eigenvalue weighted by atomic mass is 10.0. The molecule has 4 heteroatoms. The molecule has 1 atom stereocenters. The molecule has 4 nitrogen and oxygen atoms in total. The van der Waals surface area contributed by atoms with E-state index >= 15 is 0 Å². The Kier molecular flexibility index (Phi) is 3.65. The Morgan fingerprint density at radius 3 is 2.50 bits per heavy atom. The van der Waals surface area contributed by atoms with Crippen LogP contribution in [0.25, 0.3) is 0 Å². The number of rotatable bonds is 3. The minimum Gasteiger partial charge on any atom is -0.355 e. The monoisotopic (exact) mass is 246 g/mol. The molecule has 1 unspecified atom stereocenters. The first-order valence-electron chi connectivity index (χ1n) is 6.24. The second-order valence-corrected chi connectivity index (χ2v) is 4.97. The quantitative estimate of drug-likeness (QED) is 0.855. The second kappa shape index (κ2) is 5.21. The van der Waals surface area contributed by atoms with Crippen LogP contribution >= 0.6 is 0 Å². The highest BCUT2D eigenvalue weighted by Crippen LogP contribution is 2.18. The van der Waals surface area contributed by atoms with Crippen molar-refractivity contribution in [2.75, 3.05) is 11.9 Å². The molecule has 2 amide bonds. The van der Waals surface area contributed by atoms with Crippen molar-refractivity contribution in [2.45, 2.75) is 26.2 Å². The molecule has 2 N–H and O–H groups in total. The highest BCUT2D eigenvalue weighted by atomic mass is 16.2. The first-order chi connectivity index (χ1) is 8.56. The number of amides is 2. The standard InChI is InChI=1S/C14H18N2O2/c1-9(2)10-3-5-12(6-4-10)16-14(18)11-7-13(17)15-8-11/h3-6,9,11H,7-8H2,1-2H3,(H,15,17)(H,16,18). The molecule has 1 aliphatic heterocycles. The summed E-state index contributed by atoms with van der Waals surface area (Å²) in [5.74, 6) is 0.0876. The maximum atomic E-state index is 11.9. The van der Waals surface area contributed by atoms with Gasteiger partial charge in [-0.25, -0.2) is 0 Å². The molecule has 18 heavy (non-hydrogen) atoms. The van der Waals surface area contributed by atoms with Gasteiger partial charge in [0.05, 0.1) is 5.92 Å². The summed E-state index contributed by atoms with van der Waals surface area (Å²) >= 11 is 0. The largest absolute Gasteiger partial charge is 0.355 e. The van der Waals surface area contributed by atoms with E-state index in [9.17, 15) is 9.59 Å². The molecule has 0 saturated carbocycles. The normalized spacial score (nSPS) is 18.8. The number of carbonyl (C=O) groups excluding carboxylic acids is 2. The summed E-state index contributed by atoms with van der Waals surface area (Å²) in [7, 11) is 0. The predicted molar refractivity (Wildman–Crippen MR) is 70.3 cm³/mol. The zero-order valence-corrected chi connectivity index (χ0v) is 10.7. The average Bonchev–Trinajstić information content (AvgIpc) is 2.76. The Morgan fingerprint density at radius 1 is 1.33 bits per heavy atom. The number of hydrogen-bond donors (Lipinski definition) is 2. The summed E-state index contributed by atoms with van der Waals surface area (Å²) in [6.07, 6.45) is 0.288. The van der Waals surface area contributed by atoms with E-state index in [0.29, 0.717) is 12.5 Å². The van der Waals surface area contributed by atoms with Crippen LogP contribution in [-0.2, 0) is 9.59 Å². The van der Waals surface area contributed by atoms with Crippen molar-refractivity contribution in [3.8, 4) is 0 Å². The Balaban J connectivity index is 1.97. The fraction of sp³-hybridized carbons (Fsp3) is 0.429. The van der Waals surface area contributed by atoms with E-state index in [4.69, 9.17) is 0 Å². The molecule has 1 fully saturated rings. The number of carbonyl (C=O) groups is 2. The molecular weight excluding hydrogens is 228 g/mol. The summed E-state index contributed by atoms with van der Waals surface area (Å²) in [6, 6.07) is 7.82. The van der Waals surface area contributed by atoms with Crippen molar-refractivity contribution in [3.63, 3.8) is 0 Å². The Morgan fingerprint density at radius 2 is 2.00 bits per heavy atom. The van der Waals surface area contributed by atoms with Gasteiger partial charge in [0.2, 0.25) is 11.8 Å². The molecule has 1 aliphatic rings. The van der Waals surface area contributed by atoms with Gasteiger partial charge in [-0.15, -0.1) is 0 Å². The molecule has 0 aromatic heterocycles. The van der Waals surface area contributed by atoms with Crippen LogP contribution in [0.15, 0.2) is 24.3 Å². The molecule has 96 valence electrons. The van der Waals surface area contributed by atoms with Crippen LogP contribution in [0.4, 0.5) is 5.69 Å². The van der Waals surface area contributed by atoms with E-state index < -0.39 is 0 Å². The van der Waals surface area contributed by atoms with Crippen molar-refractivity contribution >= 4 is 17.5 Å².